The molecule has 0 saturated heterocycles. The fourth-order valence-corrected chi connectivity index (χ4v) is 1.58. The van der Waals surface area contributed by atoms with Crippen molar-refractivity contribution in [3.05, 3.63) is 0 Å². The van der Waals surface area contributed by atoms with E-state index in [0.717, 1.165) is 25.8 Å². The zero-order valence-electron chi connectivity index (χ0n) is 11.5. The van der Waals surface area contributed by atoms with Crippen molar-refractivity contribution in [3.63, 3.8) is 0 Å². The largest absolute Gasteiger partial charge is 0.388 e. The van der Waals surface area contributed by atoms with Crippen LogP contribution in [-0.2, 0) is 0 Å². The molecule has 1 unspecified atom stereocenters. The van der Waals surface area contributed by atoms with Gasteiger partial charge >= 0.3 is 0 Å². The molecular formula is C12H27N5. The first-order chi connectivity index (χ1) is 7.73. The summed E-state index contributed by atoms with van der Waals surface area (Å²) in [7, 11) is 0. The number of unbranched alkanes of at least 4 members (excludes halogenated alkanes) is 1. The number of hydrogen-bond acceptors (Lipinski definition) is 2. The van der Waals surface area contributed by atoms with Gasteiger partial charge in [-0.2, -0.15) is 0 Å². The van der Waals surface area contributed by atoms with Crippen molar-refractivity contribution in [1.29, 1.82) is 0 Å². The van der Waals surface area contributed by atoms with E-state index in [1.54, 1.807) is 6.92 Å². The van der Waals surface area contributed by atoms with Gasteiger partial charge in [-0.1, -0.05) is 20.8 Å². The molecule has 0 bridgehead atoms. The lowest BCUT2D eigenvalue weighted by Crippen LogP contribution is -2.31. The van der Waals surface area contributed by atoms with Crippen molar-refractivity contribution in [2.24, 2.45) is 32.6 Å². The monoisotopic (exact) mass is 241 g/mol. The minimum absolute atomic E-state index is 0.0804. The maximum Gasteiger partial charge on any atom is 0.186 e. The van der Waals surface area contributed by atoms with Crippen LogP contribution in [0.3, 0.4) is 0 Å². The van der Waals surface area contributed by atoms with Gasteiger partial charge in [-0.25, -0.2) is 4.99 Å². The van der Waals surface area contributed by atoms with Crippen LogP contribution in [0.1, 0.15) is 47.0 Å². The molecular weight excluding hydrogens is 214 g/mol. The van der Waals surface area contributed by atoms with E-state index in [9.17, 15) is 0 Å². The van der Waals surface area contributed by atoms with Crippen molar-refractivity contribution < 1.29 is 0 Å². The molecule has 0 heterocycles. The smallest absolute Gasteiger partial charge is 0.186 e. The number of amidine groups is 1. The molecule has 0 saturated carbocycles. The SMILES string of the molecule is CC(N)=NCCCCC(N=C(N)N)C(C)(C)C. The lowest BCUT2D eigenvalue weighted by atomic mass is 9.84. The van der Waals surface area contributed by atoms with E-state index >= 15 is 0 Å². The zero-order chi connectivity index (χ0) is 13.5. The number of guanidine groups is 1. The normalized spacial score (nSPS) is 14.5. The van der Waals surface area contributed by atoms with E-state index in [1.807, 2.05) is 0 Å². The van der Waals surface area contributed by atoms with E-state index in [-0.39, 0.29) is 17.4 Å². The Balaban J connectivity index is 4.11. The van der Waals surface area contributed by atoms with Gasteiger partial charge in [0.25, 0.3) is 0 Å². The van der Waals surface area contributed by atoms with Crippen LogP contribution in [0.25, 0.3) is 0 Å². The molecule has 0 aromatic carbocycles. The maximum absolute atomic E-state index is 5.46. The van der Waals surface area contributed by atoms with Crippen LogP contribution in [0.15, 0.2) is 9.98 Å². The van der Waals surface area contributed by atoms with Crippen LogP contribution in [0, 0.1) is 5.41 Å². The Labute approximate surface area is 105 Å². The zero-order valence-corrected chi connectivity index (χ0v) is 11.5. The van der Waals surface area contributed by atoms with Crippen LogP contribution in [0.5, 0.6) is 0 Å². The summed E-state index contributed by atoms with van der Waals surface area (Å²) in [5.74, 6) is 0.808. The van der Waals surface area contributed by atoms with Crippen molar-refractivity contribution in [2.75, 3.05) is 6.54 Å². The summed E-state index contributed by atoms with van der Waals surface area (Å²) in [6.45, 7) is 9.02. The van der Waals surface area contributed by atoms with Crippen molar-refractivity contribution in [3.8, 4) is 0 Å². The van der Waals surface area contributed by atoms with Crippen LogP contribution in [-0.4, -0.2) is 24.4 Å². The second kappa shape index (κ2) is 7.14. The molecule has 0 aliphatic rings. The summed E-state index contributed by atoms with van der Waals surface area (Å²) in [6.07, 6.45) is 3.04. The van der Waals surface area contributed by atoms with E-state index in [0.29, 0.717) is 5.84 Å². The highest BCUT2D eigenvalue weighted by molar-refractivity contribution is 5.77. The molecule has 0 radical (unpaired) electrons. The predicted octanol–water partition coefficient (Wildman–Crippen LogP) is 1.22. The Morgan fingerprint density at radius 2 is 1.71 bits per heavy atom. The summed E-state index contributed by atoms with van der Waals surface area (Å²) in [5, 5.41) is 0. The number of nitrogens with two attached hydrogens (primary N) is 3. The van der Waals surface area contributed by atoms with Crippen molar-refractivity contribution in [1.82, 2.24) is 0 Å². The number of rotatable bonds is 6. The van der Waals surface area contributed by atoms with Gasteiger partial charge in [0.2, 0.25) is 0 Å². The van der Waals surface area contributed by atoms with Gasteiger partial charge in [0.1, 0.15) is 0 Å². The average molecular weight is 241 g/mol. The van der Waals surface area contributed by atoms with Gasteiger partial charge in [0, 0.05) is 6.54 Å². The van der Waals surface area contributed by atoms with Crippen molar-refractivity contribution in [2.45, 2.75) is 53.0 Å². The molecule has 0 aliphatic heterocycles. The van der Waals surface area contributed by atoms with Gasteiger partial charge < -0.3 is 17.2 Å². The van der Waals surface area contributed by atoms with Gasteiger partial charge in [0.15, 0.2) is 5.96 Å². The first-order valence-electron chi connectivity index (χ1n) is 6.08. The summed E-state index contributed by atoms with van der Waals surface area (Å²) >= 11 is 0. The first-order valence-corrected chi connectivity index (χ1v) is 6.08. The Kier molecular flexibility index (Phi) is 6.61. The molecule has 5 heteroatoms. The number of hydrogen-bond donors (Lipinski definition) is 3. The van der Waals surface area contributed by atoms with Gasteiger partial charge in [-0.05, 0) is 31.6 Å². The molecule has 0 fully saturated rings. The van der Waals surface area contributed by atoms with Crippen LogP contribution >= 0.6 is 0 Å². The molecule has 17 heavy (non-hydrogen) atoms. The quantitative estimate of drug-likeness (QED) is 0.370. The third-order valence-electron chi connectivity index (χ3n) is 2.55. The molecule has 0 aromatic rings. The summed E-state index contributed by atoms with van der Waals surface area (Å²) in [6, 6.07) is 0.162. The lowest BCUT2D eigenvalue weighted by Gasteiger charge is -2.27. The van der Waals surface area contributed by atoms with E-state index < -0.39 is 0 Å². The first kappa shape index (κ1) is 15.7. The van der Waals surface area contributed by atoms with Crippen LogP contribution < -0.4 is 17.2 Å². The number of aliphatic imine (C=N–C) groups is 2. The van der Waals surface area contributed by atoms with E-state index in [1.165, 1.54) is 0 Å². The van der Waals surface area contributed by atoms with Crippen molar-refractivity contribution >= 4 is 11.8 Å². The highest BCUT2D eigenvalue weighted by Crippen LogP contribution is 2.26. The molecule has 0 amide bonds. The molecule has 0 spiro atoms. The average Bonchev–Trinajstić information content (AvgIpc) is 2.12. The second-order valence-corrected chi connectivity index (χ2v) is 5.45. The minimum atomic E-state index is 0.0804. The maximum atomic E-state index is 5.46. The molecule has 0 aromatic heterocycles. The Bertz CT molecular complexity index is 267. The number of nitrogens with zero attached hydrogens (tertiary/aromatic N) is 2. The highest BCUT2D eigenvalue weighted by Gasteiger charge is 2.23. The fourth-order valence-electron chi connectivity index (χ4n) is 1.58. The summed E-state index contributed by atoms with van der Waals surface area (Å²) in [5.41, 5.74) is 16.4. The Hall–Kier alpha value is -1.26. The molecule has 0 aliphatic carbocycles. The second-order valence-electron chi connectivity index (χ2n) is 5.45. The summed E-state index contributed by atoms with van der Waals surface area (Å²) < 4.78 is 0. The molecule has 1 atom stereocenters. The molecule has 0 rings (SSSR count). The third kappa shape index (κ3) is 8.54. The molecule has 5 nitrogen and oxygen atoms in total. The highest BCUT2D eigenvalue weighted by atomic mass is 15.0. The van der Waals surface area contributed by atoms with Gasteiger partial charge in [0.05, 0.1) is 11.9 Å². The van der Waals surface area contributed by atoms with Gasteiger partial charge in [-0.15, -0.1) is 0 Å². The van der Waals surface area contributed by atoms with Crippen LogP contribution in [0.4, 0.5) is 0 Å². The minimum Gasteiger partial charge on any atom is -0.388 e. The third-order valence-corrected chi connectivity index (χ3v) is 2.55. The standard InChI is InChI=1S/C12H27N5/c1-9(13)16-8-6-5-7-10(12(2,3)4)17-11(14)15/h10H,5-8H2,1-4H3,(H2,13,16)(H4,14,15,17). The van der Waals surface area contributed by atoms with E-state index in [2.05, 4.69) is 30.8 Å². The molecule has 6 N–H and O–H groups in total. The Morgan fingerprint density at radius 3 is 2.12 bits per heavy atom. The summed E-state index contributed by atoms with van der Waals surface area (Å²) in [4.78, 5) is 8.45. The van der Waals surface area contributed by atoms with Crippen LogP contribution in [0.2, 0.25) is 0 Å². The van der Waals surface area contributed by atoms with Gasteiger partial charge in [-0.3, -0.25) is 4.99 Å². The topological polar surface area (TPSA) is 103 Å². The van der Waals surface area contributed by atoms with E-state index in [4.69, 9.17) is 17.2 Å². The molecule has 100 valence electrons. The fraction of sp³-hybridized carbons (Fsp3) is 0.833. The Morgan fingerprint density at radius 1 is 1.12 bits per heavy atom. The lowest BCUT2D eigenvalue weighted by molar-refractivity contribution is 0.301. The predicted molar refractivity (Wildman–Crippen MR) is 75.1 cm³/mol.